The van der Waals surface area contributed by atoms with E-state index in [2.05, 4.69) is 39.8 Å². The Morgan fingerprint density at radius 2 is 1.27 bits per heavy atom. The predicted octanol–water partition coefficient (Wildman–Crippen LogP) is 9.92. The van der Waals surface area contributed by atoms with Crippen LogP contribution in [-0.4, -0.2) is 20.6 Å². The van der Waals surface area contributed by atoms with Gasteiger partial charge in [0, 0.05) is 6.07 Å². The van der Waals surface area contributed by atoms with Crippen LogP contribution in [0.2, 0.25) is 6.04 Å². The monoisotopic (exact) mass is 568 g/mol. The molecule has 0 heterocycles. The highest BCUT2D eigenvalue weighted by Gasteiger charge is 2.25. The highest BCUT2D eigenvalue weighted by molar-refractivity contribution is 6.67. The quantitative estimate of drug-likeness (QED) is 0.0613. The highest BCUT2D eigenvalue weighted by atomic mass is 28.3. The zero-order chi connectivity index (χ0) is 29.1. The third-order valence-electron chi connectivity index (χ3n) is 7.22. The van der Waals surface area contributed by atoms with Gasteiger partial charge in [0.05, 0.1) is 23.7 Å². The van der Waals surface area contributed by atoms with E-state index in [-0.39, 0.29) is 22.6 Å². The van der Waals surface area contributed by atoms with E-state index in [0.717, 1.165) is 24.8 Å². The Kier molecular flexibility index (Phi) is 16.9. The molecule has 0 bridgehead atoms. The number of benzene rings is 2. The van der Waals surface area contributed by atoms with Gasteiger partial charge in [-0.3, -0.25) is 10.1 Å². The molecule has 0 spiro atoms. The highest BCUT2D eigenvalue weighted by Crippen LogP contribution is 2.25. The van der Waals surface area contributed by atoms with Crippen molar-refractivity contribution in [2.45, 2.75) is 130 Å². The van der Waals surface area contributed by atoms with Gasteiger partial charge < -0.3 is 9.16 Å². The zero-order valence-corrected chi connectivity index (χ0v) is 26.7. The molecule has 0 N–H and O–H groups in total. The first kappa shape index (κ1) is 34.0. The number of unbranched alkanes of at least 4 members (excludes halogenated alkanes) is 13. The smallest absolute Gasteiger partial charge is 0.274 e. The topological polar surface area (TPSA) is 61.6 Å². The molecule has 0 aliphatic heterocycles. The third-order valence-corrected chi connectivity index (χ3v) is 10.1. The SMILES string of the molecule is CCCCCCCCCCCCCCCCOc1ccc([Si](CC(C)(C)C)OCc2ccccc2[N+](=O)[O-])cc1. The first-order valence-corrected chi connectivity index (χ1v) is 17.4. The lowest BCUT2D eigenvalue weighted by Crippen LogP contribution is -2.36. The molecule has 2 rings (SSSR count). The molecule has 0 fully saturated rings. The number of nitrogens with zero attached hydrogens (tertiary/aromatic N) is 1. The summed E-state index contributed by atoms with van der Waals surface area (Å²) < 4.78 is 12.4. The summed E-state index contributed by atoms with van der Waals surface area (Å²) in [5, 5.41) is 12.6. The minimum atomic E-state index is -1.36. The Morgan fingerprint density at radius 1 is 0.750 bits per heavy atom. The lowest BCUT2D eigenvalue weighted by atomic mass is 10.0. The molecule has 0 atom stereocenters. The van der Waals surface area contributed by atoms with Crippen molar-refractivity contribution in [2.75, 3.05) is 6.61 Å². The van der Waals surface area contributed by atoms with E-state index in [0.29, 0.717) is 5.56 Å². The summed E-state index contributed by atoms with van der Waals surface area (Å²) in [6.45, 7) is 9.91. The summed E-state index contributed by atoms with van der Waals surface area (Å²) in [6, 6.07) is 16.1. The number of nitro groups is 1. The fourth-order valence-electron chi connectivity index (χ4n) is 4.92. The maximum Gasteiger partial charge on any atom is 0.274 e. The van der Waals surface area contributed by atoms with Gasteiger partial charge in [-0.2, -0.15) is 0 Å². The van der Waals surface area contributed by atoms with Crippen molar-refractivity contribution < 1.29 is 14.1 Å². The van der Waals surface area contributed by atoms with Crippen LogP contribution >= 0.6 is 0 Å². The number of para-hydroxylation sites is 1. The zero-order valence-electron chi connectivity index (χ0n) is 25.7. The second kappa shape index (κ2) is 19.8. The summed E-state index contributed by atoms with van der Waals surface area (Å²) in [5.74, 6) is 0.897. The van der Waals surface area contributed by atoms with Gasteiger partial charge >= 0.3 is 0 Å². The molecule has 0 amide bonds. The molecule has 0 aliphatic rings. The van der Waals surface area contributed by atoms with Gasteiger partial charge in [0.25, 0.3) is 5.69 Å². The van der Waals surface area contributed by atoms with Crippen molar-refractivity contribution in [1.82, 2.24) is 0 Å². The maximum absolute atomic E-state index is 11.4. The first-order chi connectivity index (χ1) is 19.3. The van der Waals surface area contributed by atoms with E-state index in [4.69, 9.17) is 9.16 Å². The molecule has 0 aromatic heterocycles. The summed E-state index contributed by atoms with van der Waals surface area (Å²) in [4.78, 5) is 11.1. The van der Waals surface area contributed by atoms with Crippen LogP contribution in [0.25, 0.3) is 0 Å². The average molecular weight is 569 g/mol. The predicted molar refractivity (Wildman–Crippen MR) is 170 cm³/mol. The molecule has 40 heavy (non-hydrogen) atoms. The molecule has 0 unspecified atom stereocenters. The molecule has 223 valence electrons. The molecule has 1 radical (unpaired) electrons. The number of hydrogen-bond donors (Lipinski definition) is 0. The Hall–Kier alpha value is -2.18. The largest absolute Gasteiger partial charge is 0.494 e. The van der Waals surface area contributed by atoms with Crippen LogP contribution in [0.5, 0.6) is 5.75 Å². The lowest BCUT2D eigenvalue weighted by molar-refractivity contribution is -0.385. The van der Waals surface area contributed by atoms with Crippen molar-refractivity contribution in [3.05, 3.63) is 64.2 Å². The van der Waals surface area contributed by atoms with Crippen LogP contribution in [0, 0.1) is 15.5 Å². The molecule has 2 aromatic carbocycles. The van der Waals surface area contributed by atoms with E-state index in [1.165, 1.54) is 88.7 Å². The summed E-state index contributed by atoms with van der Waals surface area (Å²) in [5.41, 5.74) is 0.837. The van der Waals surface area contributed by atoms with Gasteiger partial charge in [-0.05, 0) is 41.3 Å². The Balaban J connectivity index is 1.66. The lowest BCUT2D eigenvalue weighted by Gasteiger charge is -2.24. The minimum absolute atomic E-state index is 0.0972. The van der Waals surface area contributed by atoms with Gasteiger partial charge in [-0.15, -0.1) is 0 Å². The number of rotatable bonds is 22. The first-order valence-electron chi connectivity index (χ1n) is 15.7. The van der Waals surface area contributed by atoms with Crippen molar-refractivity contribution in [3.8, 4) is 5.75 Å². The Bertz CT molecular complexity index is 942. The summed E-state index contributed by atoms with van der Waals surface area (Å²) in [6.07, 6.45) is 19.0. The van der Waals surface area contributed by atoms with E-state index < -0.39 is 9.04 Å². The molecule has 0 saturated heterocycles. The van der Waals surface area contributed by atoms with Gasteiger partial charge in [0.2, 0.25) is 9.04 Å². The average Bonchev–Trinajstić information content (AvgIpc) is 2.93. The van der Waals surface area contributed by atoms with Gasteiger partial charge in [-0.25, -0.2) is 0 Å². The summed E-state index contributed by atoms with van der Waals surface area (Å²) >= 11 is 0. The van der Waals surface area contributed by atoms with E-state index in [9.17, 15) is 10.1 Å². The van der Waals surface area contributed by atoms with E-state index in [1.807, 2.05) is 18.2 Å². The van der Waals surface area contributed by atoms with E-state index >= 15 is 0 Å². The summed E-state index contributed by atoms with van der Waals surface area (Å²) in [7, 11) is -1.36. The molecule has 6 heteroatoms. The van der Waals surface area contributed by atoms with Crippen molar-refractivity contribution >= 4 is 19.9 Å². The van der Waals surface area contributed by atoms with Crippen molar-refractivity contribution in [2.24, 2.45) is 5.41 Å². The van der Waals surface area contributed by atoms with Gasteiger partial charge in [0.15, 0.2) is 0 Å². The van der Waals surface area contributed by atoms with Crippen LogP contribution in [-0.2, 0) is 11.0 Å². The number of hydrogen-bond acceptors (Lipinski definition) is 4. The van der Waals surface area contributed by atoms with Crippen LogP contribution in [0.15, 0.2) is 48.5 Å². The second-order valence-electron chi connectivity index (χ2n) is 12.3. The standard InChI is InChI=1S/C34H54NO4Si/c1-5-6-7-8-9-10-11-12-13-14-15-16-17-20-27-38-31-23-25-32(26-24-31)40(29-34(2,3)4)39-28-30-21-18-19-22-33(30)35(36)37/h18-19,21-26H,5-17,20,27-29H2,1-4H3. The molecule has 0 saturated carbocycles. The van der Waals surface area contributed by atoms with Gasteiger partial charge in [0.1, 0.15) is 5.75 Å². The molecular formula is C34H54NO4Si. The minimum Gasteiger partial charge on any atom is -0.494 e. The number of nitro benzene ring substituents is 1. The normalized spacial score (nSPS) is 11.7. The van der Waals surface area contributed by atoms with E-state index in [1.54, 1.807) is 18.2 Å². The van der Waals surface area contributed by atoms with Gasteiger partial charge in [-0.1, -0.05) is 135 Å². The molecule has 0 aliphatic carbocycles. The third kappa shape index (κ3) is 15.0. The maximum atomic E-state index is 11.4. The molecule has 2 aromatic rings. The second-order valence-corrected chi connectivity index (χ2v) is 14.4. The van der Waals surface area contributed by atoms with Crippen molar-refractivity contribution in [3.63, 3.8) is 0 Å². The van der Waals surface area contributed by atoms with Crippen LogP contribution < -0.4 is 9.92 Å². The van der Waals surface area contributed by atoms with Crippen LogP contribution in [0.1, 0.15) is 123 Å². The Labute approximate surface area is 245 Å². The fraction of sp³-hybridized carbons (Fsp3) is 0.647. The van der Waals surface area contributed by atoms with Crippen molar-refractivity contribution in [1.29, 1.82) is 0 Å². The van der Waals surface area contributed by atoms with Crippen LogP contribution in [0.3, 0.4) is 0 Å². The Morgan fingerprint density at radius 3 is 1.80 bits per heavy atom. The van der Waals surface area contributed by atoms with Crippen LogP contribution in [0.4, 0.5) is 5.69 Å². The molecular weight excluding hydrogens is 514 g/mol. The molecule has 5 nitrogen and oxygen atoms in total. The fourth-order valence-corrected chi connectivity index (χ4v) is 7.22. The number of ether oxygens (including phenoxy) is 1.